The predicted octanol–water partition coefficient (Wildman–Crippen LogP) is 2.92. The zero-order chi connectivity index (χ0) is 36.5. The van der Waals surface area contributed by atoms with Crippen molar-refractivity contribution in [2.24, 2.45) is 17.2 Å². The fraction of sp³-hybridized carbons (Fsp3) is 0.444. The highest BCUT2D eigenvalue weighted by molar-refractivity contribution is 8.18. The Bertz CT molecular complexity index is 1500. The minimum Gasteiger partial charge on any atom is -0.368 e. The average Bonchev–Trinajstić information content (AvgIpc) is 3.36. The second-order valence-corrected chi connectivity index (χ2v) is 13.1. The maximum absolute atomic E-state index is 13.6. The van der Waals surface area contributed by atoms with Gasteiger partial charge < -0.3 is 33.2 Å². The third-order valence-corrected chi connectivity index (χ3v) is 9.09. The molecule has 9 N–H and O–H groups in total. The van der Waals surface area contributed by atoms with Gasteiger partial charge in [0.15, 0.2) is 0 Å². The Balaban J connectivity index is 1.70. The molecule has 0 spiro atoms. The van der Waals surface area contributed by atoms with Crippen LogP contribution in [0.5, 0.6) is 0 Å². The van der Waals surface area contributed by atoms with Crippen LogP contribution in [0.15, 0.2) is 59.5 Å². The summed E-state index contributed by atoms with van der Waals surface area (Å²) in [6.07, 6.45) is 6.42. The summed E-state index contributed by atoms with van der Waals surface area (Å²) < 4.78 is 0. The van der Waals surface area contributed by atoms with Gasteiger partial charge in [-0.2, -0.15) is 0 Å². The molecule has 0 radical (unpaired) electrons. The van der Waals surface area contributed by atoms with Crippen LogP contribution in [0.4, 0.5) is 4.79 Å². The van der Waals surface area contributed by atoms with E-state index in [-0.39, 0.29) is 35.1 Å². The maximum Gasteiger partial charge on any atom is 0.293 e. The van der Waals surface area contributed by atoms with Gasteiger partial charge in [-0.1, -0.05) is 62.2 Å². The number of nitrogens with one attached hydrogen (secondary N) is 3. The van der Waals surface area contributed by atoms with E-state index >= 15 is 0 Å². The van der Waals surface area contributed by atoms with E-state index in [2.05, 4.69) is 16.0 Å². The molecule has 0 saturated carbocycles. The highest BCUT2D eigenvalue weighted by atomic mass is 32.2. The minimum atomic E-state index is -0.971. The average molecular weight is 708 g/mol. The van der Waals surface area contributed by atoms with Gasteiger partial charge in [-0.3, -0.25) is 33.7 Å². The van der Waals surface area contributed by atoms with Gasteiger partial charge in [0.05, 0.1) is 11.4 Å². The van der Waals surface area contributed by atoms with Crippen molar-refractivity contribution in [1.29, 1.82) is 0 Å². The molecular weight excluding hydrogens is 659 g/mol. The zero-order valence-electron chi connectivity index (χ0n) is 28.5. The fourth-order valence-corrected chi connectivity index (χ4v) is 6.13. The molecule has 13 nitrogen and oxygen atoms in total. The lowest BCUT2D eigenvalue weighted by Gasteiger charge is -2.25. The molecule has 1 saturated heterocycles. The van der Waals surface area contributed by atoms with E-state index in [4.69, 9.17) is 17.2 Å². The molecule has 50 heavy (non-hydrogen) atoms. The molecule has 2 aromatic carbocycles. The highest BCUT2D eigenvalue weighted by Gasteiger charge is 2.35. The number of imide groups is 1. The van der Waals surface area contributed by atoms with Crippen LogP contribution < -0.4 is 33.2 Å². The van der Waals surface area contributed by atoms with Gasteiger partial charge in [-0.15, -0.1) is 0 Å². The molecule has 1 aliphatic heterocycles. The first-order chi connectivity index (χ1) is 24.1. The van der Waals surface area contributed by atoms with E-state index < -0.39 is 47.7 Å². The van der Waals surface area contributed by atoms with Crippen LogP contribution in [0.25, 0.3) is 6.08 Å². The van der Waals surface area contributed by atoms with Gasteiger partial charge in [0.25, 0.3) is 17.1 Å². The van der Waals surface area contributed by atoms with Gasteiger partial charge in [0, 0.05) is 5.56 Å². The fourth-order valence-electron chi connectivity index (χ4n) is 5.29. The number of hydrogen-bond acceptors (Lipinski definition) is 9. The first-order valence-electron chi connectivity index (χ1n) is 17.1. The van der Waals surface area contributed by atoms with Crippen LogP contribution in [-0.4, -0.2) is 70.9 Å². The summed E-state index contributed by atoms with van der Waals surface area (Å²) in [5, 5.41) is 7.88. The number of hydrogen-bond donors (Lipinski definition) is 6. The first-order valence-corrected chi connectivity index (χ1v) is 17.9. The highest BCUT2D eigenvalue weighted by Crippen LogP contribution is 2.33. The Morgan fingerprint density at radius 2 is 1.32 bits per heavy atom. The lowest BCUT2D eigenvalue weighted by atomic mass is 10.0. The van der Waals surface area contributed by atoms with E-state index in [1.807, 2.05) is 37.3 Å². The largest absolute Gasteiger partial charge is 0.368 e. The summed E-state index contributed by atoms with van der Waals surface area (Å²) in [7, 11) is 0. The molecule has 3 atom stereocenters. The quantitative estimate of drug-likeness (QED) is 0.0829. The predicted molar refractivity (Wildman–Crippen MR) is 194 cm³/mol. The third-order valence-electron chi connectivity index (χ3n) is 8.18. The summed E-state index contributed by atoms with van der Waals surface area (Å²) >= 11 is 0.856. The number of rotatable bonds is 21. The van der Waals surface area contributed by atoms with Gasteiger partial charge in [0.1, 0.15) is 18.1 Å². The Labute approximate surface area is 297 Å². The molecule has 3 rings (SSSR count). The molecule has 1 aliphatic rings. The third kappa shape index (κ3) is 12.4. The van der Waals surface area contributed by atoms with E-state index in [9.17, 15) is 28.8 Å². The summed E-state index contributed by atoms with van der Waals surface area (Å²) in [5.41, 5.74) is 18.6. The van der Waals surface area contributed by atoms with E-state index in [0.717, 1.165) is 23.7 Å². The molecule has 0 bridgehead atoms. The number of nitrogens with zero attached hydrogens (tertiary/aromatic N) is 1. The second-order valence-electron chi connectivity index (χ2n) is 12.1. The number of carbonyl (C=O) groups is 6. The van der Waals surface area contributed by atoms with Crippen LogP contribution in [-0.2, 0) is 25.7 Å². The molecule has 270 valence electrons. The van der Waals surface area contributed by atoms with Gasteiger partial charge in [-0.05, 0) is 99.1 Å². The molecule has 0 aromatic heterocycles. The first kappa shape index (κ1) is 39.9. The molecule has 1 fully saturated rings. The molecular formula is C36H49N7O6S. The van der Waals surface area contributed by atoms with Crippen molar-refractivity contribution in [2.45, 2.75) is 89.4 Å². The summed E-state index contributed by atoms with van der Waals surface area (Å²) in [5.74, 6) is -2.63. The smallest absolute Gasteiger partial charge is 0.293 e. The Hall–Kier alpha value is -4.53. The lowest BCUT2D eigenvalue weighted by Crippen LogP contribution is -2.56. The van der Waals surface area contributed by atoms with E-state index in [1.54, 1.807) is 30.3 Å². The number of thioether (sulfide) groups is 1. The van der Waals surface area contributed by atoms with Gasteiger partial charge in [-0.25, -0.2) is 0 Å². The number of benzene rings is 2. The van der Waals surface area contributed by atoms with Crippen LogP contribution >= 0.6 is 11.8 Å². The summed E-state index contributed by atoms with van der Waals surface area (Å²) in [6, 6.07) is 12.9. The van der Waals surface area contributed by atoms with Crippen LogP contribution in [0, 0.1) is 0 Å². The van der Waals surface area contributed by atoms with Crippen molar-refractivity contribution in [3.63, 3.8) is 0 Å². The second kappa shape index (κ2) is 20.9. The molecule has 14 heteroatoms. The molecule has 0 aliphatic carbocycles. The SMILES string of the molecule is CCCC[C@H](NC(=O)[C@H](CCCCN)NC(=O)[C@H](CCCCN)NC(=O)c1ccc(/C=C2\SC(=O)N(Cc3ccccc3)C2=O)cc1)C(N)=O. The standard InChI is InChI=1S/C36H49N7O6S/c1-2-3-13-27(31(39)44)40-33(46)29(15-8-10-21-38)42-34(47)28(14-7-9-20-37)41-32(45)26-18-16-24(17-19-26)22-30-35(48)43(36(49)50-30)23-25-11-5-4-6-12-25/h4-6,11-12,16-19,22,27-29H,2-3,7-10,13-15,20-21,23,37-38H2,1H3,(H2,39,44)(H,40,46)(H,41,45)(H,42,47)/b30-22-/t27-,28-,29-/m0/s1. The normalized spacial score (nSPS) is 15.4. The minimum absolute atomic E-state index is 0.175. The Kier molecular flexibility index (Phi) is 16.6. The molecule has 1 heterocycles. The molecule has 2 aromatic rings. The van der Waals surface area contributed by atoms with Crippen molar-refractivity contribution in [2.75, 3.05) is 13.1 Å². The van der Waals surface area contributed by atoms with E-state index in [1.165, 1.54) is 4.90 Å². The topological polar surface area (TPSA) is 220 Å². The van der Waals surface area contributed by atoms with Gasteiger partial charge in [0.2, 0.25) is 17.7 Å². The molecule has 0 unspecified atom stereocenters. The number of primary amides is 1. The van der Waals surface area contributed by atoms with Crippen LogP contribution in [0.2, 0.25) is 0 Å². The summed E-state index contributed by atoms with van der Waals surface area (Å²) in [6.45, 7) is 2.96. The van der Waals surface area contributed by atoms with Crippen LogP contribution in [0.3, 0.4) is 0 Å². The monoisotopic (exact) mass is 707 g/mol. The maximum atomic E-state index is 13.6. The number of carbonyl (C=O) groups excluding carboxylic acids is 6. The lowest BCUT2D eigenvalue weighted by molar-refractivity contribution is -0.132. The van der Waals surface area contributed by atoms with Crippen molar-refractivity contribution < 1.29 is 28.8 Å². The van der Waals surface area contributed by atoms with Crippen molar-refractivity contribution >= 4 is 52.6 Å². The Morgan fingerprint density at radius 3 is 1.88 bits per heavy atom. The van der Waals surface area contributed by atoms with E-state index in [0.29, 0.717) is 57.2 Å². The van der Waals surface area contributed by atoms with Crippen molar-refractivity contribution in [3.05, 3.63) is 76.2 Å². The van der Waals surface area contributed by atoms with Gasteiger partial charge >= 0.3 is 0 Å². The zero-order valence-corrected chi connectivity index (χ0v) is 29.3. The summed E-state index contributed by atoms with van der Waals surface area (Å²) in [4.78, 5) is 79.1. The number of unbranched alkanes of at least 4 members (excludes halogenated alkanes) is 3. The van der Waals surface area contributed by atoms with Crippen LogP contribution in [0.1, 0.15) is 86.2 Å². The van der Waals surface area contributed by atoms with Crippen molar-refractivity contribution in [1.82, 2.24) is 20.9 Å². The number of nitrogens with two attached hydrogens (primary N) is 3. The van der Waals surface area contributed by atoms with Crippen molar-refractivity contribution in [3.8, 4) is 0 Å². The molecule has 6 amide bonds. The Morgan fingerprint density at radius 1 is 0.760 bits per heavy atom. The number of amides is 6.